The van der Waals surface area contributed by atoms with Gasteiger partial charge in [0.05, 0.1) is 0 Å². The number of carbonyl (C=O) groups excluding carboxylic acids is 1. The Morgan fingerprint density at radius 2 is 1.88 bits per heavy atom. The van der Waals surface area contributed by atoms with Gasteiger partial charge in [-0.3, -0.25) is 4.79 Å². The highest BCUT2D eigenvalue weighted by atomic mass is 16.2. The molecule has 0 aliphatic heterocycles. The second-order valence-electron chi connectivity index (χ2n) is 6.80. The van der Waals surface area contributed by atoms with Crippen molar-refractivity contribution in [2.24, 2.45) is 0 Å². The molecule has 1 aliphatic rings. The van der Waals surface area contributed by atoms with Crippen LogP contribution in [0.1, 0.15) is 57.4 Å². The molecule has 1 aromatic carbocycles. The molecule has 1 saturated carbocycles. The Hall–Kier alpha value is -2.28. The van der Waals surface area contributed by atoms with Crippen molar-refractivity contribution in [2.45, 2.75) is 57.9 Å². The number of nitriles is 1. The monoisotopic (exact) mass is 325 g/mol. The zero-order valence-corrected chi connectivity index (χ0v) is 14.9. The summed E-state index contributed by atoms with van der Waals surface area (Å²) >= 11 is 0. The summed E-state index contributed by atoms with van der Waals surface area (Å²) in [5.74, 6) is 0.283. The number of nitrogens with zero attached hydrogens (tertiary/aromatic N) is 2. The van der Waals surface area contributed by atoms with Crippen molar-refractivity contribution in [2.75, 3.05) is 12.4 Å². The van der Waals surface area contributed by atoms with E-state index >= 15 is 0 Å². The maximum absolute atomic E-state index is 12.5. The normalized spacial score (nSPS) is 15.9. The van der Waals surface area contributed by atoms with Gasteiger partial charge in [0.2, 0.25) is 0 Å². The topological polar surface area (TPSA) is 56.1 Å². The predicted molar refractivity (Wildman–Crippen MR) is 97.5 cm³/mol. The number of carbonyl (C=O) groups is 1. The average molecular weight is 325 g/mol. The van der Waals surface area contributed by atoms with Crippen LogP contribution >= 0.6 is 0 Å². The molecule has 1 aliphatic carbocycles. The van der Waals surface area contributed by atoms with Crippen LogP contribution in [0.15, 0.2) is 36.0 Å². The third-order valence-electron chi connectivity index (χ3n) is 4.75. The van der Waals surface area contributed by atoms with Gasteiger partial charge < -0.3 is 10.2 Å². The number of benzene rings is 1. The molecule has 1 N–H and O–H groups in total. The van der Waals surface area contributed by atoms with E-state index in [0.717, 1.165) is 31.4 Å². The molecular formula is C20H27N3O. The zero-order chi connectivity index (χ0) is 17.5. The molecule has 4 heteroatoms. The van der Waals surface area contributed by atoms with Crippen LogP contribution in [-0.2, 0) is 4.79 Å². The molecule has 0 heterocycles. The quantitative estimate of drug-likeness (QED) is 0.644. The van der Waals surface area contributed by atoms with Crippen LogP contribution in [0.5, 0.6) is 0 Å². The lowest BCUT2D eigenvalue weighted by molar-refractivity contribution is -0.128. The van der Waals surface area contributed by atoms with Crippen LogP contribution in [0.2, 0.25) is 0 Å². The summed E-state index contributed by atoms with van der Waals surface area (Å²) in [6.07, 6.45) is 7.15. The highest BCUT2D eigenvalue weighted by Gasteiger charge is 2.24. The summed E-state index contributed by atoms with van der Waals surface area (Å²) in [6, 6.07) is 10.3. The van der Waals surface area contributed by atoms with Crippen molar-refractivity contribution in [1.29, 1.82) is 5.26 Å². The van der Waals surface area contributed by atoms with Crippen molar-refractivity contribution in [3.05, 3.63) is 41.6 Å². The Morgan fingerprint density at radius 1 is 1.25 bits per heavy atom. The number of anilines is 1. The van der Waals surface area contributed by atoms with Gasteiger partial charge >= 0.3 is 0 Å². The summed E-state index contributed by atoms with van der Waals surface area (Å²) in [7, 11) is 1.81. The van der Waals surface area contributed by atoms with E-state index in [0.29, 0.717) is 5.92 Å². The third-order valence-corrected chi connectivity index (χ3v) is 4.75. The molecule has 0 radical (unpaired) electrons. The lowest BCUT2D eigenvalue weighted by Gasteiger charge is -2.31. The lowest BCUT2D eigenvalue weighted by atomic mass is 9.94. The Kier molecular flexibility index (Phi) is 6.43. The van der Waals surface area contributed by atoms with Gasteiger partial charge in [0, 0.05) is 25.0 Å². The van der Waals surface area contributed by atoms with Gasteiger partial charge in [-0.25, -0.2) is 0 Å². The molecule has 0 atom stereocenters. The van der Waals surface area contributed by atoms with Gasteiger partial charge in [0.1, 0.15) is 11.6 Å². The van der Waals surface area contributed by atoms with E-state index in [1.165, 1.54) is 18.2 Å². The fourth-order valence-electron chi connectivity index (χ4n) is 3.09. The minimum Gasteiger partial charge on any atom is -0.360 e. The number of hydrogen-bond acceptors (Lipinski definition) is 3. The van der Waals surface area contributed by atoms with Crippen molar-refractivity contribution < 1.29 is 4.79 Å². The molecular weight excluding hydrogens is 298 g/mol. The molecule has 1 fully saturated rings. The van der Waals surface area contributed by atoms with Crippen LogP contribution in [0, 0.1) is 11.3 Å². The van der Waals surface area contributed by atoms with Crippen LogP contribution < -0.4 is 5.32 Å². The summed E-state index contributed by atoms with van der Waals surface area (Å²) in [5, 5.41) is 12.4. The van der Waals surface area contributed by atoms with Gasteiger partial charge in [-0.2, -0.15) is 5.26 Å². The maximum Gasteiger partial charge on any atom is 0.266 e. The first-order valence-electron chi connectivity index (χ1n) is 8.77. The van der Waals surface area contributed by atoms with E-state index in [9.17, 15) is 10.1 Å². The first kappa shape index (κ1) is 18.1. The van der Waals surface area contributed by atoms with Crippen LogP contribution in [0.4, 0.5) is 5.69 Å². The number of rotatable bonds is 5. The Labute approximate surface area is 145 Å². The molecule has 0 bridgehead atoms. The van der Waals surface area contributed by atoms with E-state index in [4.69, 9.17) is 0 Å². The molecule has 1 aromatic rings. The number of hydrogen-bond donors (Lipinski definition) is 1. The van der Waals surface area contributed by atoms with Gasteiger partial charge in [0.15, 0.2) is 0 Å². The zero-order valence-electron chi connectivity index (χ0n) is 14.9. The SMILES string of the molecule is CC(C)c1ccc(N/C=C(/C#N)C(=O)N(C)C2CCCCC2)cc1. The van der Waals surface area contributed by atoms with E-state index in [1.807, 2.05) is 18.2 Å². The molecule has 24 heavy (non-hydrogen) atoms. The molecule has 0 saturated heterocycles. The summed E-state index contributed by atoms with van der Waals surface area (Å²) < 4.78 is 0. The van der Waals surface area contributed by atoms with Crippen LogP contribution in [-0.4, -0.2) is 23.9 Å². The highest BCUT2D eigenvalue weighted by molar-refractivity contribution is 5.97. The fraction of sp³-hybridized carbons (Fsp3) is 0.500. The van der Waals surface area contributed by atoms with Crippen molar-refractivity contribution in [3.8, 4) is 6.07 Å². The lowest BCUT2D eigenvalue weighted by Crippen LogP contribution is -2.39. The fourth-order valence-corrected chi connectivity index (χ4v) is 3.09. The van der Waals surface area contributed by atoms with Crippen molar-refractivity contribution in [1.82, 2.24) is 4.90 Å². The standard InChI is InChI=1S/C20H27N3O/c1-15(2)16-9-11-18(12-10-16)22-14-17(13-21)20(24)23(3)19-7-5-4-6-8-19/h9-12,14-15,19,22H,4-8H2,1-3H3/b17-14-. The minimum atomic E-state index is -0.198. The molecule has 1 amide bonds. The number of nitrogens with one attached hydrogen (secondary N) is 1. The van der Waals surface area contributed by atoms with Gasteiger partial charge in [-0.1, -0.05) is 45.2 Å². The average Bonchev–Trinajstić information content (AvgIpc) is 2.62. The molecule has 2 rings (SSSR count). The number of likely N-dealkylation sites (N-methyl/N-ethyl adjacent to an activating group) is 1. The molecule has 0 spiro atoms. The van der Waals surface area contributed by atoms with E-state index in [2.05, 4.69) is 31.3 Å². The summed E-state index contributed by atoms with van der Waals surface area (Å²) in [5.41, 5.74) is 2.29. The maximum atomic E-state index is 12.5. The summed E-state index contributed by atoms with van der Waals surface area (Å²) in [4.78, 5) is 14.3. The van der Waals surface area contributed by atoms with Gasteiger partial charge in [-0.15, -0.1) is 0 Å². The smallest absolute Gasteiger partial charge is 0.266 e. The number of amides is 1. The predicted octanol–water partition coefficient (Wildman–Crippen LogP) is 4.42. The Bertz CT molecular complexity index is 619. The van der Waals surface area contributed by atoms with Gasteiger partial charge in [-0.05, 0) is 36.5 Å². The van der Waals surface area contributed by atoms with Crippen molar-refractivity contribution in [3.63, 3.8) is 0 Å². The first-order chi connectivity index (χ1) is 11.5. The summed E-state index contributed by atoms with van der Waals surface area (Å²) in [6.45, 7) is 4.30. The highest BCUT2D eigenvalue weighted by Crippen LogP contribution is 2.23. The van der Waals surface area contributed by atoms with Gasteiger partial charge in [0.25, 0.3) is 5.91 Å². The second-order valence-corrected chi connectivity index (χ2v) is 6.80. The molecule has 0 unspecified atom stereocenters. The third kappa shape index (κ3) is 4.61. The largest absolute Gasteiger partial charge is 0.360 e. The first-order valence-corrected chi connectivity index (χ1v) is 8.77. The van der Waals surface area contributed by atoms with Crippen LogP contribution in [0.25, 0.3) is 0 Å². The molecule has 4 nitrogen and oxygen atoms in total. The second kappa shape index (κ2) is 8.54. The van der Waals surface area contributed by atoms with Crippen LogP contribution in [0.3, 0.4) is 0 Å². The Morgan fingerprint density at radius 3 is 2.42 bits per heavy atom. The van der Waals surface area contributed by atoms with E-state index in [1.54, 1.807) is 11.9 Å². The van der Waals surface area contributed by atoms with E-state index < -0.39 is 0 Å². The molecule has 0 aromatic heterocycles. The molecule has 128 valence electrons. The van der Waals surface area contributed by atoms with Crippen molar-refractivity contribution >= 4 is 11.6 Å². The minimum absolute atomic E-state index is 0.149. The van der Waals surface area contributed by atoms with E-state index in [-0.39, 0.29) is 17.5 Å². The Balaban J connectivity index is 2.02.